The molecule has 0 unspecified atom stereocenters. The van der Waals surface area contributed by atoms with Crippen LogP contribution < -0.4 is 10.0 Å². The first-order valence-electron chi connectivity index (χ1n) is 12.1. The lowest BCUT2D eigenvalue weighted by molar-refractivity contribution is 0.100. The quantitative estimate of drug-likeness (QED) is 0.296. The molecule has 39 heavy (non-hydrogen) atoms. The first-order chi connectivity index (χ1) is 18.8. The molecule has 1 amide bonds. The monoisotopic (exact) mass is 539 g/mol. The van der Waals surface area contributed by atoms with Crippen LogP contribution in [0.2, 0.25) is 0 Å². The lowest BCUT2D eigenvalue weighted by atomic mass is 9.96. The number of fused-ring (bicyclic) bond motifs is 1. The minimum Gasteiger partial charge on any atom is -0.399 e. The van der Waals surface area contributed by atoms with Gasteiger partial charge < -0.3 is 10.8 Å². The van der Waals surface area contributed by atoms with Crippen molar-refractivity contribution in [1.29, 1.82) is 0 Å². The van der Waals surface area contributed by atoms with Crippen molar-refractivity contribution < 1.29 is 18.3 Å². The number of sulfonamides is 1. The number of pyridine rings is 1. The number of benzene rings is 3. The molecule has 0 radical (unpaired) electrons. The number of nitrogens with two attached hydrogens (primary N) is 1. The van der Waals surface area contributed by atoms with E-state index in [0.29, 0.717) is 27.5 Å². The molecule has 196 valence electrons. The van der Waals surface area contributed by atoms with Crippen LogP contribution in [0.1, 0.15) is 32.7 Å². The molecule has 0 fully saturated rings. The number of carbonyl (C=O) groups excluding carboxylic acids is 1. The maximum Gasteiger partial charge on any atom is 0.275 e. The average Bonchev–Trinajstić information content (AvgIpc) is 2.94. The van der Waals surface area contributed by atoms with Gasteiger partial charge in [0, 0.05) is 41.1 Å². The van der Waals surface area contributed by atoms with E-state index in [9.17, 15) is 18.3 Å². The summed E-state index contributed by atoms with van der Waals surface area (Å²) >= 11 is 0. The number of aliphatic hydroxyl groups excluding tert-OH is 1. The number of aliphatic hydroxyl groups is 1. The fourth-order valence-electron chi connectivity index (χ4n) is 4.44. The van der Waals surface area contributed by atoms with Crippen molar-refractivity contribution in [1.82, 2.24) is 15.0 Å². The molecule has 0 saturated carbocycles. The van der Waals surface area contributed by atoms with Gasteiger partial charge in [0.2, 0.25) is 5.95 Å². The Morgan fingerprint density at radius 2 is 1.59 bits per heavy atom. The highest BCUT2D eigenvalue weighted by atomic mass is 32.2. The minimum absolute atomic E-state index is 0.125. The van der Waals surface area contributed by atoms with Gasteiger partial charge in [-0.15, -0.1) is 0 Å². The molecular weight excluding hydrogens is 514 g/mol. The van der Waals surface area contributed by atoms with Crippen LogP contribution in [0.5, 0.6) is 0 Å². The Bertz CT molecular complexity index is 1780. The molecule has 5 rings (SSSR count). The summed E-state index contributed by atoms with van der Waals surface area (Å²) in [5.74, 6) is -1.07. The normalized spacial score (nSPS) is 11.4. The smallest absolute Gasteiger partial charge is 0.275 e. The van der Waals surface area contributed by atoms with Crippen LogP contribution in [0.4, 0.5) is 11.6 Å². The van der Waals surface area contributed by atoms with Crippen molar-refractivity contribution in [3.05, 3.63) is 119 Å². The second-order valence-electron chi connectivity index (χ2n) is 8.92. The Balaban J connectivity index is 1.62. The van der Waals surface area contributed by atoms with Gasteiger partial charge in [-0.05, 0) is 66.1 Å². The number of rotatable bonds is 7. The number of hydrogen-bond donors (Lipinski definition) is 2. The van der Waals surface area contributed by atoms with E-state index in [1.807, 2.05) is 31.2 Å². The molecule has 0 bridgehead atoms. The van der Waals surface area contributed by atoms with E-state index in [-0.39, 0.29) is 23.0 Å². The molecule has 10 heteroatoms. The van der Waals surface area contributed by atoms with Crippen LogP contribution in [0.15, 0.2) is 96.2 Å². The predicted molar refractivity (Wildman–Crippen MR) is 149 cm³/mol. The number of anilines is 2. The first-order valence-corrected chi connectivity index (χ1v) is 13.5. The topological polar surface area (TPSA) is 139 Å². The van der Waals surface area contributed by atoms with Crippen molar-refractivity contribution in [3.63, 3.8) is 0 Å². The van der Waals surface area contributed by atoms with Gasteiger partial charge in [-0.25, -0.2) is 18.4 Å². The third-order valence-corrected chi connectivity index (χ3v) is 7.95. The van der Waals surface area contributed by atoms with Crippen molar-refractivity contribution in [2.75, 3.05) is 10.0 Å². The Hall–Kier alpha value is -4.67. The summed E-state index contributed by atoms with van der Waals surface area (Å²) in [7, 11) is -4.39. The number of amides is 1. The van der Waals surface area contributed by atoms with Gasteiger partial charge >= 0.3 is 0 Å². The third-order valence-electron chi connectivity index (χ3n) is 6.27. The van der Waals surface area contributed by atoms with E-state index < -0.39 is 15.9 Å². The average molecular weight is 540 g/mol. The van der Waals surface area contributed by atoms with Crippen LogP contribution in [-0.4, -0.2) is 34.4 Å². The van der Waals surface area contributed by atoms with Gasteiger partial charge in [0.25, 0.3) is 15.9 Å². The first kappa shape index (κ1) is 26.0. The Morgan fingerprint density at radius 1 is 0.897 bits per heavy atom. The highest BCUT2D eigenvalue weighted by molar-refractivity contribution is 7.93. The summed E-state index contributed by atoms with van der Waals surface area (Å²) in [6.45, 7) is 1.72. The fraction of sp³-hybridized carbons (Fsp3) is 0.103. The van der Waals surface area contributed by atoms with E-state index in [1.165, 1.54) is 42.7 Å². The highest BCUT2D eigenvalue weighted by Gasteiger charge is 2.35. The van der Waals surface area contributed by atoms with Gasteiger partial charge in [0.1, 0.15) is 0 Å². The van der Waals surface area contributed by atoms with Crippen LogP contribution >= 0.6 is 0 Å². The zero-order chi connectivity index (χ0) is 27.6. The SMILES string of the molecule is Cc1cc(CO)c2cccc(Cc3ccccc3C(=O)N(c3ncccn3)S(=O)(=O)c3ccc(N)cc3)c2n1. The fourth-order valence-corrected chi connectivity index (χ4v) is 5.76. The summed E-state index contributed by atoms with van der Waals surface area (Å²) in [4.78, 5) is 26.8. The Morgan fingerprint density at radius 3 is 2.31 bits per heavy atom. The zero-order valence-corrected chi connectivity index (χ0v) is 21.8. The number of hydrogen-bond acceptors (Lipinski definition) is 8. The summed E-state index contributed by atoms with van der Waals surface area (Å²) in [5.41, 5.74) is 9.96. The maximum atomic E-state index is 14.1. The van der Waals surface area contributed by atoms with E-state index in [0.717, 1.165) is 22.2 Å². The van der Waals surface area contributed by atoms with E-state index in [4.69, 9.17) is 10.7 Å². The lowest BCUT2D eigenvalue weighted by Crippen LogP contribution is -2.38. The number of aryl methyl sites for hydroxylation is 1. The molecule has 3 N–H and O–H groups in total. The van der Waals surface area contributed by atoms with Crippen LogP contribution in [-0.2, 0) is 23.1 Å². The van der Waals surface area contributed by atoms with E-state index in [1.54, 1.807) is 24.3 Å². The molecule has 3 aromatic carbocycles. The number of para-hydroxylation sites is 1. The lowest BCUT2D eigenvalue weighted by Gasteiger charge is -2.22. The maximum absolute atomic E-state index is 14.1. The second kappa shape index (κ2) is 10.6. The van der Waals surface area contributed by atoms with Crippen molar-refractivity contribution in [2.24, 2.45) is 0 Å². The van der Waals surface area contributed by atoms with Gasteiger partial charge in [-0.3, -0.25) is 9.78 Å². The predicted octanol–water partition coefficient (Wildman–Crippen LogP) is 4.03. The number of nitrogens with zero attached hydrogens (tertiary/aromatic N) is 4. The van der Waals surface area contributed by atoms with Crippen LogP contribution in [0, 0.1) is 6.92 Å². The summed E-state index contributed by atoms with van der Waals surface area (Å²) in [5, 5.41) is 10.7. The number of aromatic nitrogens is 3. The molecule has 5 aromatic rings. The van der Waals surface area contributed by atoms with Crippen LogP contribution in [0.25, 0.3) is 10.9 Å². The van der Waals surface area contributed by atoms with Gasteiger partial charge in [0.15, 0.2) is 0 Å². The van der Waals surface area contributed by atoms with E-state index in [2.05, 4.69) is 9.97 Å². The molecule has 0 atom stereocenters. The molecule has 0 spiro atoms. The Kier molecular flexibility index (Phi) is 7.05. The van der Waals surface area contributed by atoms with Crippen molar-refractivity contribution in [2.45, 2.75) is 24.8 Å². The molecule has 9 nitrogen and oxygen atoms in total. The standard InChI is InChI=1S/C29H25N5O4S/c1-19-16-22(18-35)25-9-4-7-21(27(25)33-19)17-20-6-2-3-8-26(20)28(36)34(29-31-14-5-15-32-29)39(37,38)24-12-10-23(30)11-13-24/h2-16,35H,17-18,30H2,1H3. The van der Waals surface area contributed by atoms with Crippen molar-refractivity contribution in [3.8, 4) is 0 Å². The number of nitrogen functional groups attached to an aromatic ring is 1. The molecule has 0 aliphatic carbocycles. The second-order valence-corrected chi connectivity index (χ2v) is 10.7. The highest BCUT2D eigenvalue weighted by Crippen LogP contribution is 2.28. The summed E-state index contributed by atoms with van der Waals surface area (Å²) < 4.78 is 28.1. The van der Waals surface area contributed by atoms with Crippen molar-refractivity contribution >= 4 is 38.5 Å². The van der Waals surface area contributed by atoms with Gasteiger partial charge in [-0.1, -0.05) is 36.4 Å². The zero-order valence-electron chi connectivity index (χ0n) is 21.0. The molecule has 0 aliphatic heterocycles. The van der Waals surface area contributed by atoms with Crippen LogP contribution in [0.3, 0.4) is 0 Å². The summed E-state index contributed by atoms with van der Waals surface area (Å²) in [6.07, 6.45) is 3.04. The van der Waals surface area contributed by atoms with E-state index >= 15 is 0 Å². The Labute approximate surface area is 225 Å². The molecule has 0 saturated heterocycles. The molecule has 2 heterocycles. The largest absolute Gasteiger partial charge is 0.399 e. The van der Waals surface area contributed by atoms with Gasteiger partial charge in [0.05, 0.1) is 17.0 Å². The molecule has 2 aromatic heterocycles. The molecule has 0 aliphatic rings. The minimum atomic E-state index is -4.39. The van der Waals surface area contributed by atoms with Gasteiger partial charge in [-0.2, -0.15) is 4.31 Å². The molecular formula is C29H25N5O4S. The summed E-state index contributed by atoms with van der Waals surface area (Å²) in [6, 6.07) is 21.4. The third kappa shape index (κ3) is 5.07. The number of carbonyl (C=O) groups is 1.